The maximum absolute atomic E-state index is 5.72. The predicted molar refractivity (Wildman–Crippen MR) is 65.2 cm³/mol. The summed E-state index contributed by atoms with van der Waals surface area (Å²) in [6.07, 6.45) is 0.878. The van der Waals surface area contributed by atoms with Gasteiger partial charge in [-0.3, -0.25) is 0 Å². The molecule has 0 amide bonds. The summed E-state index contributed by atoms with van der Waals surface area (Å²) in [7, 11) is 0. The van der Waals surface area contributed by atoms with Crippen LogP contribution in [0.3, 0.4) is 0 Å². The third-order valence-corrected chi connectivity index (χ3v) is 3.34. The molecule has 1 aromatic carbocycles. The number of nitrogens with zero attached hydrogens (tertiary/aromatic N) is 1. The number of hydrogen-bond acceptors (Lipinski definition) is 3. The molecule has 0 saturated carbocycles. The Morgan fingerprint density at radius 3 is 2.40 bits per heavy atom. The minimum Gasteiger partial charge on any atom is -0.383 e. The average molecular weight is 218 g/mol. The van der Waals surface area contributed by atoms with Crippen LogP contribution in [0.4, 0.5) is 5.82 Å². The molecule has 0 bridgehead atoms. The SMILES string of the molecule is Cc1ccc(Cc2nc(N)c(C)s2)cc1. The Balaban J connectivity index is 2.18. The highest BCUT2D eigenvalue weighted by Gasteiger charge is 2.04. The third-order valence-electron chi connectivity index (χ3n) is 2.35. The Labute approximate surface area is 93.8 Å². The van der Waals surface area contributed by atoms with Crippen LogP contribution >= 0.6 is 11.3 Å². The molecule has 0 aliphatic carbocycles. The van der Waals surface area contributed by atoms with Gasteiger partial charge in [-0.25, -0.2) is 4.98 Å². The van der Waals surface area contributed by atoms with Gasteiger partial charge in [0.25, 0.3) is 0 Å². The number of anilines is 1. The zero-order chi connectivity index (χ0) is 10.8. The first-order chi connectivity index (χ1) is 7.15. The molecule has 0 saturated heterocycles. The average Bonchev–Trinajstić information content (AvgIpc) is 2.50. The van der Waals surface area contributed by atoms with Crippen LogP contribution < -0.4 is 5.73 Å². The van der Waals surface area contributed by atoms with Gasteiger partial charge >= 0.3 is 0 Å². The molecule has 3 heteroatoms. The van der Waals surface area contributed by atoms with Gasteiger partial charge in [0.2, 0.25) is 0 Å². The Kier molecular flexibility index (Phi) is 2.73. The lowest BCUT2D eigenvalue weighted by molar-refractivity contribution is 1.14. The van der Waals surface area contributed by atoms with E-state index in [4.69, 9.17) is 5.73 Å². The van der Waals surface area contributed by atoms with Crippen molar-refractivity contribution in [2.75, 3.05) is 5.73 Å². The van der Waals surface area contributed by atoms with Gasteiger partial charge in [-0.1, -0.05) is 29.8 Å². The maximum Gasteiger partial charge on any atom is 0.137 e. The lowest BCUT2D eigenvalue weighted by Crippen LogP contribution is -1.89. The molecule has 0 unspecified atom stereocenters. The molecule has 2 aromatic rings. The Hall–Kier alpha value is -1.35. The molecular weight excluding hydrogens is 204 g/mol. The number of aryl methyl sites for hydroxylation is 2. The van der Waals surface area contributed by atoms with Gasteiger partial charge in [0.05, 0.1) is 5.01 Å². The van der Waals surface area contributed by atoms with E-state index in [2.05, 4.69) is 36.2 Å². The van der Waals surface area contributed by atoms with Crippen molar-refractivity contribution in [3.63, 3.8) is 0 Å². The Morgan fingerprint density at radius 1 is 1.20 bits per heavy atom. The fourth-order valence-corrected chi connectivity index (χ4v) is 2.31. The molecule has 0 radical (unpaired) electrons. The van der Waals surface area contributed by atoms with Crippen LogP contribution in [-0.4, -0.2) is 4.98 Å². The first-order valence-corrected chi connectivity index (χ1v) is 5.74. The van der Waals surface area contributed by atoms with Crippen LogP contribution in [0.15, 0.2) is 24.3 Å². The maximum atomic E-state index is 5.72. The minimum atomic E-state index is 0.669. The molecule has 0 atom stereocenters. The first-order valence-electron chi connectivity index (χ1n) is 4.92. The molecule has 78 valence electrons. The van der Waals surface area contributed by atoms with Gasteiger partial charge in [-0.15, -0.1) is 11.3 Å². The van der Waals surface area contributed by atoms with Gasteiger partial charge in [-0.2, -0.15) is 0 Å². The molecule has 1 heterocycles. The summed E-state index contributed by atoms with van der Waals surface area (Å²) in [5, 5.41) is 1.09. The van der Waals surface area contributed by atoms with E-state index in [1.807, 2.05) is 6.92 Å². The van der Waals surface area contributed by atoms with Gasteiger partial charge < -0.3 is 5.73 Å². The lowest BCUT2D eigenvalue weighted by atomic mass is 10.1. The van der Waals surface area contributed by atoms with E-state index in [1.54, 1.807) is 11.3 Å². The topological polar surface area (TPSA) is 38.9 Å². The summed E-state index contributed by atoms with van der Waals surface area (Å²) in [6, 6.07) is 8.53. The second kappa shape index (κ2) is 4.03. The Morgan fingerprint density at radius 2 is 1.87 bits per heavy atom. The summed E-state index contributed by atoms with van der Waals surface area (Å²) >= 11 is 1.68. The fraction of sp³-hybridized carbons (Fsp3) is 0.250. The number of rotatable bonds is 2. The van der Waals surface area contributed by atoms with E-state index >= 15 is 0 Å². The van der Waals surface area contributed by atoms with Crippen molar-refractivity contribution >= 4 is 17.2 Å². The number of nitrogens with two attached hydrogens (primary N) is 1. The van der Waals surface area contributed by atoms with Crippen molar-refractivity contribution in [1.29, 1.82) is 0 Å². The molecule has 0 fully saturated rings. The highest BCUT2D eigenvalue weighted by molar-refractivity contribution is 7.12. The second-order valence-corrected chi connectivity index (χ2v) is 5.00. The smallest absolute Gasteiger partial charge is 0.137 e. The highest BCUT2D eigenvalue weighted by atomic mass is 32.1. The van der Waals surface area contributed by atoms with Crippen molar-refractivity contribution in [2.45, 2.75) is 20.3 Å². The minimum absolute atomic E-state index is 0.669. The van der Waals surface area contributed by atoms with E-state index in [1.165, 1.54) is 11.1 Å². The van der Waals surface area contributed by atoms with Crippen LogP contribution in [0, 0.1) is 13.8 Å². The van der Waals surface area contributed by atoms with Crippen molar-refractivity contribution in [2.24, 2.45) is 0 Å². The molecule has 0 spiro atoms. The standard InChI is InChI=1S/C12H14N2S/c1-8-3-5-10(6-4-8)7-11-14-12(13)9(2)15-11/h3-6H,7,13H2,1-2H3. The molecular formula is C12H14N2S. The summed E-state index contributed by atoms with van der Waals surface area (Å²) in [6.45, 7) is 4.10. The molecule has 0 aliphatic rings. The normalized spacial score (nSPS) is 10.5. The molecule has 15 heavy (non-hydrogen) atoms. The predicted octanol–water partition coefficient (Wildman–Crippen LogP) is 2.93. The summed E-state index contributed by atoms with van der Waals surface area (Å²) < 4.78 is 0. The molecule has 2 nitrogen and oxygen atoms in total. The number of benzene rings is 1. The second-order valence-electron chi connectivity index (χ2n) is 3.71. The summed E-state index contributed by atoms with van der Waals surface area (Å²) in [5.41, 5.74) is 8.29. The van der Waals surface area contributed by atoms with Gasteiger partial charge in [0.15, 0.2) is 0 Å². The van der Waals surface area contributed by atoms with Crippen molar-refractivity contribution < 1.29 is 0 Å². The first kappa shape index (κ1) is 10.2. The van der Waals surface area contributed by atoms with Gasteiger partial charge in [0.1, 0.15) is 5.82 Å². The van der Waals surface area contributed by atoms with Gasteiger partial charge in [-0.05, 0) is 19.4 Å². The van der Waals surface area contributed by atoms with Crippen molar-refractivity contribution in [3.8, 4) is 0 Å². The summed E-state index contributed by atoms with van der Waals surface area (Å²) in [5.74, 6) is 0.669. The van der Waals surface area contributed by atoms with E-state index in [0.717, 1.165) is 16.3 Å². The van der Waals surface area contributed by atoms with Crippen molar-refractivity contribution in [3.05, 3.63) is 45.3 Å². The van der Waals surface area contributed by atoms with Crippen LogP contribution in [0.5, 0.6) is 0 Å². The number of nitrogen functional groups attached to an aromatic ring is 1. The van der Waals surface area contributed by atoms with Crippen LogP contribution in [0.25, 0.3) is 0 Å². The molecule has 0 aliphatic heterocycles. The largest absolute Gasteiger partial charge is 0.383 e. The monoisotopic (exact) mass is 218 g/mol. The Bertz CT molecular complexity index is 437. The number of aromatic nitrogens is 1. The van der Waals surface area contributed by atoms with Crippen LogP contribution in [-0.2, 0) is 6.42 Å². The van der Waals surface area contributed by atoms with Gasteiger partial charge in [0, 0.05) is 11.3 Å². The lowest BCUT2D eigenvalue weighted by Gasteiger charge is -1.98. The fourth-order valence-electron chi connectivity index (χ4n) is 1.42. The molecule has 2 rings (SSSR count). The molecule has 1 aromatic heterocycles. The molecule has 2 N–H and O–H groups in total. The number of hydrogen-bond donors (Lipinski definition) is 1. The van der Waals surface area contributed by atoms with E-state index < -0.39 is 0 Å². The van der Waals surface area contributed by atoms with E-state index in [-0.39, 0.29) is 0 Å². The number of thiazole rings is 1. The van der Waals surface area contributed by atoms with E-state index in [9.17, 15) is 0 Å². The van der Waals surface area contributed by atoms with E-state index in [0.29, 0.717) is 5.82 Å². The van der Waals surface area contributed by atoms with Crippen LogP contribution in [0.1, 0.15) is 21.0 Å². The highest BCUT2D eigenvalue weighted by Crippen LogP contribution is 2.21. The van der Waals surface area contributed by atoms with Crippen LogP contribution in [0.2, 0.25) is 0 Å². The third kappa shape index (κ3) is 2.36. The van der Waals surface area contributed by atoms with Crippen molar-refractivity contribution in [1.82, 2.24) is 4.98 Å². The zero-order valence-corrected chi connectivity index (χ0v) is 9.77. The summed E-state index contributed by atoms with van der Waals surface area (Å²) in [4.78, 5) is 5.43. The quantitative estimate of drug-likeness (QED) is 0.841. The zero-order valence-electron chi connectivity index (χ0n) is 8.95.